The first-order valence-corrected chi connectivity index (χ1v) is 7.55. The topological polar surface area (TPSA) is 91.6 Å². The number of nitrogens with one attached hydrogen (secondary N) is 1. The highest BCUT2D eigenvalue weighted by molar-refractivity contribution is 6.04. The number of aromatic hydroxyl groups is 1. The number of aliphatic hydroxyl groups is 1. The van der Waals surface area contributed by atoms with Crippen molar-refractivity contribution in [2.24, 2.45) is 0 Å². The number of aromatic nitrogens is 1. The van der Waals surface area contributed by atoms with E-state index in [-0.39, 0.29) is 35.2 Å². The monoisotopic (exact) mass is 314 g/mol. The van der Waals surface area contributed by atoms with Gasteiger partial charge in [-0.05, 0) is 49.1 Å². The van der Waals surface area contributed by atoms with Crippen LogP contribution in [-0.2, 0) is 6.61 Å². The fraction of sp³-hybridized carbons (Fsp3) is 0.294. The third-order valence-corrected chi connectivity index (χ3v) is 4.18. The first-order valence-electron chi connectivity index (χ1n) is 7.55. The maximum absolute atomic E-state index is 12.4. The second-order valence-electron chi connectivity index (χ2n) is 5.68. The molecular weight excluding hydrogens is 296 g/mol. The Morgan fingerprint density at radius 2 is 2.09 bits per heavy atom. The second-order valence-corrected chi connectivity index (χ2v) is 5.68. The SMILES string of the molecule is O=C(Nc1ccc(CO)cc1O)c1cccn(C2CCC2)c1=O. The zero-order valence-corrected chi connectivity index (χ0v) is 12.5. The molecule has 1 aliphatic carbocycles. The van der Waals surface area contributed by atoms with Crippen LogP contribution < -0.4 is 10.9 Å². The van der Waals surface area contributed by atoms with E-state index in [9.17, 15) is 14.7 Å². The Morgan fingerprint density at radius 3 is 2.70 bits per heavy atom. The Labute approximate surface area is 133 Å². The van der Waals surface area contributed by atoms with Crippen molar-refractivity contribution in [3.05, 3.63) is 58.0 Å². The van der Waals surface area contributed by atoms with Gasteiger partial charge in [-0.2, -0.15) is 0 Å². The molecule has 2 aromatic rings. The first kappa shape index (κ1) is 15.3. The summed E-state index contributed by atoms with van der Waals surface area (Å²) in [5.41, 5.74) is 0.462. The lowest BCUT2D eigenvalue weighted by atomic mass is 9.92. The fourth-order valence-electron chi connectivity index (χ4n) is 2.61. The molecule has 6 heteroatoms. The Kier molecular flexibility index (Phi) is 4.16. The van der Waals surface area contributed by atoms with Crippen LogP contribution in [0.4, 0.5) is 5.69 Å². The quantitative estimate of drug-likeness (QED) is 0.753. The number of phenolic OH excluding ortho intramolecular Hbond substituents is 1. The summed E-state index contributed by atoms with van der Waals surface area (Å²) in [6, 6.07) is 7.79. The molecular formula is C17H18N2O4. The lowest BCUT2D eigenvalue weighted by molar-refractivity contribution is 0.102. The third kappa shape index (κ3) is 2.98. The standard InChI is InChI=1S/C17H18N2O4/c20-10-11-6-7-14(15(21)9-11)18-16(22)13-5-2-8-19(17(13)23)12-3-1-4-12/h2,5-9,12,20-21H,1,3-4,10H2,(H,18,22). The van der Waals surface area contributed by atoms with Gasteiger partial charge in [-0.1, -0.05) is 6.07 Å². The summed E-state index contributed by atoms with van der Waals surface area (Å²) in [5.74, 6) is -0.712. The highest BCUT2D eigenvalue weighted by Gasteiger charge is 2.22. The van der Waals surface area contributed by atoms with E-state index in [0.717, 1.165) is 19.3 Å². The smallest absolute Gasteiger partial charge is 0.263 e. The average molecular weight is 314 g/mol. The summed E-state index contributed by atoms with van der Waals surface area (Å²) < 4.78 is 1.60. The zero-order chi connectivity index (χ0) is 16.4. The molecule has 1 aliphatic rings. The minimum atomic E-state index is -0.560. The van der Waals surface area contributed by atoms with Gasteiger partial charge in [0.1, 0.15) is 11.3 Å². The number of nitrogens with zero attached hydrogens (tertiary/aromatic N) is 1. The van der Waals surface area contributed by atoms with Crippen LogP contribution in [0.1, 0.15) is 41.2 Å². The summed E-state index contributed by atoms with van der Waals surface area (Å²) in [4.78, 5) is 24.8. The van der Waals surface area contributed by atoms with E-state index in [1.54, 1.807) is 22.9 Å². The van der Waals surface area contributed by atoms with Crippen LogP contribution >= 0.6 is 0 Å². The highest BCUT2D eigenvalue weighted by atomic mass is 16.3. The molecule has 3 N–H and O–H groups in total. The number of aliphatic hydroxyl groups excluding tert-OH is 1. The van der Waals surface area contributed by atoms with Crippen molar-refractivity contribution < 1.29 is 15.0 Å². The number of anilines is 1. The largest absolute Gasteiger partial charge is 0.506 e. The van der Waals surface area contributed by atoms with Crippen LogP contribution in [0.2, 0.25) is 0 Å². The molecule has 1 heterocycles. The lowest BCUT2D eigenvalue weighted by Gasteiger charge is -2.27. The number of hydrogen-bond donors (Lipinski definition) is 3. The van der Waals surface area contributed by atoms with Crippen molar-refractivity contribution in [2.45, 2.75) is 31.9 Å². The van der Waals surface area contributed by atoms with Gasteiger partial charge in [-0.3, -0.25) is 9.59 Å². The maximum Gasteiger partial charge on any atom is 0.263 e. The molecule has 1 amide bonds. The Bertz CT molecular complexity index is 793. The van der Waals surface area contributed by atoms with Gasteiger partial charge in [0.05, 0.1) is 12.3 Å². The zero-order valence-electron chi connectivity index (χ0n) is 12.5. The Morgan fingerprint density at radius 1 is 1.30 bits per heavy atom. The van der Waals surface area contributed by atoms with E-state index < -0.39 is 5.91 Å². The molecule has 3 rings (SSSR count). The molecule has 0 bridgehead atoms. The minimum absolute atomic E-state index is 0.0463. The van der Waals surface area contributed by atoms with E-state index >= 15 is 0 Å². The minimum Gasteiger partial charge on any atom is -0.506 e. The molecule has 0 radical (unpaired) electrons. The molecule has 6 nitrogen and oxygen atoms in total. The van der Waals surface area contributed by atoms with Crippen LogP contribution in [0.25, 0.3) is 0 Å². The molecule has 1 saturated carbocycles. The normalized spacial score (nSPS) is 14.3. The van der Waals surface area contributed by atoms with Crippen LogP contribution in [0.5, 0.6) is 5.75 Å². The van der Waals surface area contributed by atoms with Crippen molar-refractivity contribution in [3.8, 4) is 5.75 Å². The highest BCUT2D eigenvalue weighted by Crippen LogP contribution is 2.30. The van der Waals surface area contributed by atoms with Crippen LogP contribution in [0.3, 0.4) is 0 Å². The molecule has 0 spiro atoms. The molecule has 1 aromatic carbocycles. The molecule has 0 aliphatic heterocycles. The van der Waals surface area contributed by atoms with Crippen LogP contribution in [0, 0.1) is 0 Å². The number of amides is 1. The fourth-order valence-corrected chi connectivity index (χ4v) is 2.61. The summed E-state index contributed by atoms with van der Waals surface area (Å²) in [6.45, 7) is -0.202. The van der Waals surface area contributed by atoms with Crippen LogP contribution in [0.15, 0.2) is 41.3 Å². The van der Waals surface area contributed by atoms with E-state index in [4.69, 9.17) is 5.11 Å². The van der Waals surface area contributed by atoms with Gasteiger partial charge in [0.15, 0.2) is 0 Å². The van der Waals surface area contributed by atoms with Gasteiger partial charge in [0, 0.05) is 12.2 Å². The van der Waals surface area contributed by atoms with E-state index in [2.05, 4.69) is 5.32 Å². The average Bonchev–Trinajstić information content (AvgIpc) is 2.49. The van der Waals surface area contributed by atoms with Gasteiger partial charge in [-0.15, -0.1) is 0 Å². The third-order valence-electron chi connectivity index (χ3n) is 4.18. The van der Waals surface area contributed by atoms with E-state index in [1.807, 2.05) is 0 Å². The van der Waals surface area contributed by atoms with Crippen molar-refractivity contribution in [1.29, 1.82) is 0 Å². The van der Waals surface area contributed by atoms with Gasteiger partial charge in [0.2, 0.25) is 0 Å². The first-order chi connectivity index (χ1) is 11.1. The number of rotatable bonds is 4. The molecule has 120 valence electrons. The number of benzene rings is 1. The van der Waals surface area contributed by atoms with E-state index in [1.165, 1.54) is 18.2 Å². The van der Waals surface area contributed by atoms with Gasteiger partial charge < -0.3 is 20.1 Å². The summed E-state index contributed by atoms with van der Waals surface area (Å²) in [7, 11) is 0. The lowest BCUT2D eigenvalue weighted by Crippen LogP contribution is -2.33. The van der Waals surface area contributed by atoms with Crippen molar-refractivity contribution in [1.82, 2.24) is 4.57 Å². The van der Waals surface area contributed by atoms with Crippen molar-refractivity contribution in [3.63, 3.8) is 0 Å². The number of carbonyl (C=O) groups is 1. The molecule has 23 heavy (non-hydrogen) atoms. The van der Waals surface area contributed by atoms with Gasteiger partial charge in [0.25, 0.3) is 11.5 Å². The molecule has 1 aromatic heterocycles. The summed E-state index contributed by atoms with van der Waals surface area (Å²) >= 11 is 0. The van der Waals surface area contributed by atoms with Gasteiger partial charge >= 0.3 is 0 Å². The molecule has 0 saturated heterocycles. The number of phenols is 1. The Balaban J connectivity index is 1.85. The summed E-state index contributed by atoms with van der Waals surface area (Å²) in [5, 5.41) is 21.4. The Hall–Kier alpha value is -2.60. The molecule has 0 atom stereocenters. The number of pyridine rings is 1. The maximum atomic E-state index is 12.4. The summed E-state index contributed by atoms with van der Waals surface area (Å²) in [6.07, 6.45) is 4.71. The second kappa shape index (κ2) is 6.26. The van der Waals surface area contributed by atoms with Crippen LogP contribution in [-0.4, -0.2) is 20.7 Å². The predicted octanol–water partition coefficient (Wildman–Crippen LogP) is 2.02. The molecule has 0 unspecified atom stereocenters. The van der Waals surface area contributed by atoms with Crippen molar-refractivity contribution >= 4 is 11.6 Å². The van der Waals surface area contributed by atoms with E-state index in [0.29, 0.717) is 5.56 Å². The van der Waals surface area contributed by atoms with Crippen molar-refractivity contribution in [2.75, 3.05) is 5.32 Å². The number of hydrogen-bond acceptors (Lipinski definition) is 4. The molecule has 1 fully saturated rings. The van der Waals surface area contributed by atoms with Gasteiger partial charge in [-0.25, -0.2) is 0 Å². The number of carbonyl (C=O) groups excluding carboxylic acids is 1. The predicted molar refractivity (Wildman–Crippen MR) is 85.6 cm³/mol.